The third kappa shape index (κ3) is 3.92. The van der Waals surface area contributed by atoms with Crippen LogP contribution in [0.3, 0.4) is 0 Å². The van der Waals surface area contributed by atoms with Crippen molar-refractivity contribution in [1.29, 1.82) is 0 Å². The lowest BCUT2D eigenvalue weighted by Crippen LogP contribution is -2.41. The van der Waals surface area contributed by atoms with Crippen molar-refractivity contribution in [3.63, 3.8) is 0 Å². The summed E-state index contributed by atoms with van der Waals surface area (Å²) in [6.45, 7) is 5.47. The zero-order valence-electron chi connectivity index (χ0n) is 14.6. The van der Waals surface area contributed by atoms with E-state index >= 15 is 0 Å². The normalized spacial score (nSPS) is 20.5. The second-order valence-electron chi connectivity index (χ2n) is 7.13. The maximum Gasteiger partial charge on any atom is 0.222 e. The van der Waals surface area contributed by atoms with Crippen LogP contribution < -0.4 is 5.32 Å². The Hall–Kier alpha value is -2.15. The summed E-state index contributed by atoms with van der Waals surface area (Å²) in [5, 5.41) is 7.98. The van der Waals surface area contributed by atoms with Crippen molar-refractivity contribution in [3.8, 4) is 0 Å². The minimum Gasteiger partial charge on any atom is -0.342 e. The molecule has 0 bridgehead atoms. The van der Waals surface area contributed by atoms with Gasteiger partial charge >= 0.3 is 0 Å². The molecule has 0 spiro atoms. The van der Waals surface area contributed by atoms with Gasteiger partial charge in [0.2, 0.25) is 5.91 Å². The Morgan fingerprint density at radius 1 is 1.36 bits per heavy atom. The first-order valence-corrected chi connectivity index (χ1v) is 9.28. The molecule has 7 nitrogen and oxygen atoms in total. The Kier molecular flexibility index (Phi) is 4.83. The van der Waals surface area contributed by atoms with Gasteiger partial charge in [0.1, 0.15) is 0 Å². The van der Waals surface area contributed by atoms with Gasteiger partial charge in [-0.3, -0.25) is 9.48 Å². The van der Waals surface area contributed by atoms with Crippen LogP contribution >= 0.6 is 0 Å². The summed E-state index contributed by atoms with van der Waals surface area (Å²) in [4.78, 5) is 18.8. The molecule has 1 atom stereocenters. The molecule has 2 aromatic heterocycles. The van der Waals surface area contributed by atoms with Gasteiger partial charge in [-0.15, -0.1) is 0 Å². The maximum absolute atomic E-state index is 12.6. The SMILES string of the molecule is O=C(CCc1cc2n(n1)CCNC2)N1CCC[C@@H](Cn2ccnc2)C1. The summed E-state index contributed by atoms with van der Waals surface area (Å²) >= 11 is 0. The Bertz CT molecular complexity index is 684. The van der Waals surface area contributed by atoms with Gasteiger partial charge in [-0.1, -0.05) is 0 Å². The summed E-state index contributed by atoms with van der Waals surface area (Å²) in [6, 6.07) is 2.14. The summed E-state index contributed by atoms with van der Waals surface area (Å²) < 4.78 is 4.18. The first-order chi connectivity index (χ1) is 12.3. The van der Waals surface area contributed by atoms with Crippen molar-refractivity contribution in [2.24, 2.45) is 5.92 Å². The Morgan fingerprint density at radius 2 is 2.32 bits per heavy atom. The van der Waals surface area contributed by atoms with E-state index in [0.717, 1.165) is 57.8 Å². The lowest BCUT2D eigenvalue weighted by Gasteiger charge is -2.33. The number of nitrogens with zero attached hydrogens (tertiary/aromatic N) is 5. The van der Waals surface area contributed by atoms with E-state index in [9.17, 15) is 4.79 Å². The molecule has 1 fully saturated rings. The third-order valence-electron chi connectivity index (χ3n) is 5.22. The molecule has 25 heavy (non-hydrogen) atoms. The molecule has 134 valence electrons. The highest BCUT2D eigenvalue weighted by atomic mass is 16.2. The zero-order valence-corrected chi connectivity index (χ0v) is 14.6. The average molecular weight is 342 g/mol. The third-order valence-corrected chi connectivity index (χ3v) is 5.22. The summed E-state index contributed by atoms with van der Waals surface area (Å²) in [5.74, 6) is 0.789. The van der Waals surface area contributed by atoms with Crippen molar-refractivity contribution < 1.29 is 4.79 Å². The van der Waals surface area contributed by atoms with Gasteiger partial charge in [0.05, 0.1) is 24.3 Å². The molecular weight excluding hydrogens is 316 g/mol. The maximum atomic E-state index is 12.6. The van der Waals surface area contributed by atoms with Crippen LogP contribution in [0.2, 0.25) is 0 Å². The number of fused-ring (bicyclic) bond motifs is 1. The first-order valence-electron chi connectivity index (χ1n) is 9.28. The van der Waals surface area contributed by atoms with Crippen LogP contribution in [-0.2, 0) is 30.8 Å². The predicted octanol–water partition coefficient (Wildman–Crippen LogP) is 1.05. The zero-order chi connectivity index (χ0) is 17.1. The fourth-order valence-corrected chi connectivity index (χ4v) is 3.90. The van der Waals surface area contributed by atoms with Gasteiger partial charge in [-0.25, -0.2) is 4.98 Å². The summed E-state index contributed by atoms with van der Waals surface area (Å²) in [6.07, 6.45) is 9.24. The van der Waals surface area contributed by atoms with Gasteiger partial charge in [0.25, 0.3) is 0 Å². The summed E-state index contributed by atoms with van der Waals surface area (Å²) in [7, 11) is 0. The van der Waals surface area contributed by atoms with E-state index in [2.05, 4.69) is 30.7 Å². The fourth-order valence-electron chi connectivity index (χ4n) is 3.90. The van der Waals surface area contributed by atoms with E-state index in [1.54, 1.807) is 0 Å². The number of piperidine rings is 1. The molecule has 2 aromatic rings. The molecule has 0 radical (unpaired) electrons. The molecule has 0 unspecified atom stereocenters. The molecule has 0 saturated carbocycles. The lowest BCUT2D eigenvalue weighted by atomic mass is 9.97. The Labute approximate surface area is 148 Å². The van der Waals surface area contributed by atoms with E-state index in [1.165, 1.54) is 12.1 Å². The Balaban J connectivity index is 1.29. The number of hydrogen-bond donors (Lipinski definition) is 1. The standard InChI is InChI=1S/C18H26N6O/c25-18(4-3-16-10-17-11-19-6-9-24(17)21-16)23-7-1-2-15(13-23)12-22-8-5-20-14-22/h5,8,10,14-15,19H,1-4,6-7,9,11-13H2/t15-/m0/s1. The molecule has 1 N–H and O–H groups in total. The minimum absolute atomic E-state index is 0.263. The van der Waals surface area contributed by atoms with Crippen molar-refractivity contribution in [1.82, 2.24) is 29.5 Å². The number of aryl methyl sites for hydroxylation is 1. The van der Waals surface area contributed by atoms with Crippen LogP contribution in [0.4, 0.5) is 0 Å². The number of nitrogens with one attached hydrogen (secondary N) is 1. The van der Waals surface area contributed by atoms with Gasteiger partial charge < -0.3 is 14.8 Å². The van der Waals surface area contributed by atoms with Crippen molar-refractivity contribution in [2.45, 2.75) is 45.3 Å². The van der Waals surface area contributed by atoms with Gasteiger partial charge in [0.15, 0.2) is 0 Å². The largest absolute Gasteiger partial charge is 0.342 e. The highest BCUT2D eigenvalue weighted by molar-refractivity contribution is 5.76. The first kappa shape index (κ1) is 16.3. The van der Waals surface area contributed by atoms with Gasteiger partial charge in [-0.05, 0) is 24.8 Å². The number of aromatic nitrogens is 4. The number of carbonyl (C=O) groups excluding carboxylic acids is 1. The molecule has 0 aliphatic carbocycles. The topological polar surface area (TPSA) is 68.0 Å². The van der Waals surface area contributed by atoms with E-state index in [-0.39, 0.29) is 5.91 Å². The molecule has 7 heteroatoms. The molecular formula is C18H26N6O. The van der Waals surface area contributed by atoms with Crippen molar-refractivity contribution in [2.75, 3.05) is 19.6 Å². The molecule has 0 aromatic carbocycles. The molecule has 1 saturated heterocycles. The van der Waals surface area contributed by atoms with Crippen molar-refractivity contribution in [3.05, 3.63) is 36.2 Å². The predicted molar refractivity (Wildman–Crippen MR) is 93.8 cm³/mol. The number of likely N-dealkylation sites (tertiary alicyclic amines) is 1. The van der Waals surface area contributed by atoms with Gasteiger partial charge in [-0.2, -0.15) is 5.10 Å². The minimum atomic E-state index is 0.263. The highest BCUT2D eigenvalue weighted by Gasteiger charge is 2.24. The number of imidazole rings is 1. The van der Waals surface area contributed by atoms with Crippen LogP contribution in [0.25, 0.3) is 0 Å². The van der Waals surface area contributed by atoms with E-state index in [0.29, 0.717) is 12.3 Å². The smallest absolute Gasteiger partial charge is 0.222 e. The molecule has 2 aliphatic rings. The van der Waals surface area contributed by atoms with E-state index in [1.807, 2.05) is 23.6 Å². The number of carbonyl (C=O) groups is 1. The lowest BCUT2D eigenvalue weighted by molar-refractivity contribution is -0.133. The van der Waals surface area contributed by atoms with Crippen LogP contribution in [0, 0.1) is 5.92 Å². The molecule has 1 amide bonds. The van der Waals surface area contributed by atoms with Crippen LogP contribution in [-0.4, -0.2) is 49.8 Å². The van der Waals surface area contributed by atoms with E-state index in [4.69, 9.17) is 0 Å². The molecule has 4 rings (SSSR count). The Morgan fingerprint density at radius 3 is 3.16 bits per heavy atom. The quantitative estimate of drug-likeness (QED) is 0.882. The second-order valence-corrected chi connectivity index (χ2v) is 7.13. The van der Waals surface area contributed by atoms with Gasteiger partial charge in [0, 0.05) is 58.0 Å². The monoisotopic (exact) mass is 342 g/mol. The fraction of sp³-hybridized carbons (Fsp3) is 0.611. The van der Waals surface area contributed by atoms with Crippen LogP contribution in [0.15, 0.2) is 24.8 Å². The summed E-state index contributed by atoms with van der Waals surface area (Å²) in [5.41, 5.74) is 2.27. The second kappa shape index (κ2) is 7.39. The number of hydrogen-bond acceptors (Lipinski definition) is 4. The van der Waals surface area contributed by atoms with Crippen LogP contribution in [0.1, 0.15) is 30.7 Å². The van der Waals surface area contributed by atoms with Crippen LogP contribution in [0.5, 0.6) is 0 Å². The number of rotatable bonds is 5. The number of amides is 1. The average Bonchev–Trinajstić information content (AvgIpc) is 3.29. The highest BCUT2D eigenvalue weighted by Crippen LogP contribution is 2.19. The molecule has 4 heterocycles. The van der Waals surface area contributed by atoms with Crippen molar-refractivity contribution >= 4 is 5.91 Å². The molecule has 2 aliphatic heterocycles. The van der Waals surface area contributed by atoms with E-state index < -0.39 is 0 Å².